The second kappa shape index (κ2) is 4.93. The summed E-state index contributed by atoms with van der Waals surface area (Å²) >= 11 is 0. The van der Waals surface area contributed by atoms with Crippen LogP contribution in [0, 0.1) is 0 Å². The van der Waals surface area contributed by atoms with Crippen LogP contribution in [0.3, 0.4) is 0 Å². The van der Waals surface area contributed by atoms with Crippen LogP contribution in [0.25, 0.3) is 0 Å². The summed E-state index contributed by atoms with van der Waals surface area (Å²) in [6.45, 7) is 5.41. The molecule has 3 nitrogen and oxygen atoms in total. The molecule has 1 atom stereocenters. The first-order valence-electron chi connectivity index (χ1n) is 4.24. The van der Waals surface area contributed by atoms with Crippen molar-refractivity contribution in [2.75, 3.05) is 0 Å². The maximum atomic E-state index is 10.9. The van der Waals surface area contributed by atoms with E-state index in [1.165, 1.54) is 0 Å². The normalized spacial score (nSPS) is 15.3. The number of hydrogen-bond donors (Lipinski definition) is 2. The van der Waals surface area contributed by atoms with Crippen molar-refractivity contribution < 1.29 is 9.90 Å². The lowest BCUT2D eigenvalue weighted by Crippen LogP contribution is -2.19. The van der Waals surface area contributed by atoms with Crippen molar-refractivity contribution in [1.82, 2.24) is 0 Å². The number of aliphatic hydroxyl groups excluding tert-OH is 1. The molecule has 0 aromatic heterocycles. The summed E-state index contributed by atoms with van der Waals surface area (Å²) in [4.78, 5) is 10.9. The quantitative estimate of drug-likeness (QED) is 0.619. The van der Waals surface area contributed by atoms with Gasteiger partial charge in [0.05, 0.1) is 6.10 Å². The fourth-order valence-electron chi connectivity index (χ4n) is 1.32. The number of carbonyl (C=O) groups excluding carboxylic acids is 1. The van der Waals surface area contributed by atoms with Crippen molar-refractivity contribution in [1.29, 1.82) is 0 Å². The monoisotopic (exact) mass is 171 g/mol. The van der Waals surface area contributed by atoms with Gasteiger partial charge in [-0.2, -0.15) is 0 Å². The molecule has 0 rings (SSSR count). The second-order valence-corrected chi connectivity index (χ2v) is 2.75. The molecule has 0 radical (unpaired) electrons. The van der Waals surface area contributed by atoms with Crippen molar-refractivity contribution in [3.63, 3.8) is 0 Å². The van der Waals surface area contributed by atoms with Crippen LogP contribution in [0.5, 0.6) is 0 Å². The van der Waals surface area contributed by atoms with Crippen molar-refractivity contribution in [3.05, 3.63) is 11.1 Å². The molecule has 3 heteroatoms. The number of nitrogens with two attached hydrogens (primary N) is 1. The fraction of sp³-hybridized carbons (Fsp3) is 0.667. The predicted molar refractivity (Wildman–Crippen MR) is 48.5 cm³/mol. The smallest absolute Gasteiger partial charge is 0.244 e. The van der Waals surface area contributed by atoms with E-state index in [9.17, 15) is 9.90 Å². The van der Waals surface area contributed by atoms with Crippen LogP contribution < -0.4 is 5.73 Å². The van der Waals surface area contributed by atoms with Gasteiger partial charge in [-0.1, -0.05) is 13.8 Å². The van der Waals surface area contributed by atoms with Crippen LogP contribution in [0.1, 0.15) is 33.6 Å². The van der Waals surface area contributed by atoms with Gasteiger partial charge in [0.25, 0.3) is 0 Å². The number of hydrogen-bond acceptors (Lipinski definition) is 2. The van der Waals surface area contributed by atoms with Gasteiger partial charge in [0.15, 0.2) is 0 Å². The van der Waals surface area contributed by atoms with Gasteiger partial charge in [0, 0.05) is 5.57 Å². The Labute approximate surface area is 73.3 Å². The molecule has 0 aliphatic carbocycles. The topological polar surface area (TPSA) is 63.3 Å². The largest absolute Gasteiger partial charge is 0.389 e. The summed E-state index contributed by atoms with van der Waals surface area (Å²) in [6.07, 6.45) is 0.685. The molecule has 0 saturated carbocycles. The van der Waals surface area contributed by atoms with E-state index in [0.717, 1.165) is 5.57 Å². The first-order chi connectivity index (χ1) is 5.54. The Bertz CT molecular complexity index is 195. The summed E-state index contributed by atoms with van der Waals surface area (Å²) in [6, 6.07) is 0. The van der Waals surface area contributed by atoms with E-state index in [-0.39, 0.29) is 0 Å². The van der Waals surface area contributed by atoms with E-state index in [0.29, 0.717) is 18.4 Å². The Hall–Kier alpha value is -0.830. The minimum Gasteiger partial charge on any atom is -0.389 e. The third-order valence-electron chi connectivity index (χ3n) is 1.92. The van der Waals surface area contributed by atoms with Crippen molar-refractivity contribution in [2.45, 2.75) is 39.7 Å². The van der Waals surface area contributed by atoms with Gasteiger partial charge in [-0.25, -0.2) is 0 Å². The van der Waals surface area contributed by atoms with Gasteiger partial charge < -0.3 is 10.8 Å². The first-order valence-corrected chi connectivity index (χ1v) is 4.24. The summed E-state index contributed by atoms with van der Waals surface area (Å²) < 4.78 is 0. The predicted octanol–water partition coefficient (Wildman–Crippen LogP) is 0.969. The van der Waals surface area contributed by atoms with Crippen molar-refractivity contribution in [3.8, 4) is 0 Å². The van der Waals surface area contributed by atoms with Crippen molar-refractivity contribution >= 4 is 5.91 Å². The number of aliphatic hydroxyl groups is 1. The molecule has 0 fully saturated rings. The Morgan fingerprint density at radius 1 is 1.42 bits per heavy atom. The molecule has 0 aromatic carbocycles. The van der Waals surface area contributed by atoms with E-state index in [2.05, 4.69) is 0 Å². The molecule has 0 saturated heterocycles. The number of rotatable bonds is 4. The minimum atomic E-state index is -0.572. The maximum absolute atomic E-state index is 10.9. The molecule has 0 heterocycles. The van der Waals surface area contributed by atoms with E-state index in [1.807, 2.05) is 13.8 Å². The van der Waals surface area contributed by atoms with Gasteiger partial charge in [0.2, 0.25) is 5.91 Å². The second-order valence-electron chi connectivity index (χ2n) is 2.75. The molecular formula is C9H17NO2. The SMILES string of the molecule is CC/C(C(N)=O)=C(/CC)C(C)O. The molecule has 70 valence electrons. The standard InChI is InChI=1S/C9H17NO2/c1-4-7(6(3)11)8(5-2)9(10)12/h6,11H,4-5H2,1-3H3,(H2,10,12)/b8-7+. The molecule has 0 aliphatic rings. The lowest BCUT2D eigenvalue weighted by molar-refractivity contribution is -0.114. The molecule has 0 spiro atoms. The molecule has 1 amide bonds. The van der Waals surface area contributed by atoms with Crippen LogP contribution in [0.15, 0.2) is 11.1 Å². The zero-order valence-electron chi connectivity index (χ0n) is 7.92. The molecule has 1 unspecified atom stereocenters. The summed E-state index contributed by atoms with van der Waals surface area (Å²) in [5.74, 6) is -0.421. The molecular weight excluding hydrogens is 154 g/mol. The Kier molecular flexibility index (Phi) is 4.59. The zero-order valence-corrected chi connectivity index (χ0v) is 7.92. The van der Waals surface area contributed by atoms with Crippen molar-refractivity contribution in [2.24, 2.45) is 5.73 Å². The Morgan fingerprint density at radius 2 is 1.92 bits per heavy atom. The third kappa shape index (κ3) is 2.66. The summed E-state index contributed by atoms with van der Waals surface area (Å²) in [5, 5.41) is 9.30. The lowest BCUT2D eigenvalue weighted by atomic mass is 9.99. The first kappa shape index (κ1) is 11.2. The van der Waals surface area contributed by atoms with E-state index < -0.39 is 12.0 Å². The maximum Gasteiger partial charge on any atom is 0.244 e. The summed E-state index contributed by atoms with van der Waals surface area (Å²) in [5.41, 5.74) is 6.47. The van der Waals surface area contributed by atoms with Gasteiger partial charge in [0.1, 0.15) is 0 Å². The molecule has 0 aliphatic heterocycles. The zero-order chi connectivity index (χ0) is 9.72. The summed E-state index contributed by atoms with van der Waals surface area (Å²) in [7, 11) is 0. The average molecular weight is 171 g/mol. The molecule has 0 bridgehead atoms. The minimum absolute atomic E-state index is 0.421. The average Bonchev–Trinajstić information content (AvgIpc) is 1.98. The Balaban J connectivity index is 4.87. The van der Waals surface area contributed by atoms with Gasteiger partial charge >= 0.3 is 0 Å². The van der Waals surface area contributed by atoms with Crippen LogP contribution in [0.4, 0.5) is 0 Å². The van der Waals surface area contributed by atoms with Gasteiger partial charge in [-0.15, -0.1) is 0 Å². The van der Waals surface area contributed by atoms with Crippen LogP contribution >= 0.6 is 0 Å². The fourth-order valence-corrected chi connectivity index (χ4v) is 1.32. The lowest BCUT2D eigenvalue weighted by Gasteiger charge is -2.12. The van der Waals surface area contributed by atoms with E-state index in [1.54, 1.807) is 6.92 Å². The van der Waals surface area contributed by atoms with Crippen LogP contribution in [-0.4, -0.2) is 17.1 Å². The van der Waals surface area contributed by atoms with E-state index >= 15 is 0 Å². The number of amides is 1. The third-order valence-corrected chi connectivity index (χ3v) is 1.92. The number of carbonyl (C=O) groups is 1. The van der Waals surface area contributed by atoms with Crippen LogP contribution in [0.2, 0.25) is 0 Å². The highest BCUT2D eigenvalue weighted by molar-refractivity contribution is 5.92. The molecule has 3 N–H and O–H groups in total. The Morgan fingerprint density at radius 3 is 2.00 bits per heavy atom. The highest BCUT2D eigenvalue weighted by Crippen LogP contribution is 2.15. The molecule has 12 heavy (non-hydrogen) atoms. The van der Waals surface area contributed by atoms with Gasteiger partial charge in [-0.05, 0) is 25.3 Å². The highest BCUT2D eigenvalue weighted by atomic mass is 16.3. The van der Waals surface area contributed by atoms with E-state index in [4.69, 9.17) is 5.73 Å². The van der Waals surface area contributed by atoms with Crippen LogP contribution in [-0.2, 0) is 4.79 Å². The van der Waals surface area contributed by atoms with Gasteiger partial charge in [-0.3, -0.25) is 4.79 Å². The highest BCUT2D eigenvalue weighted by Gasteiger charge is 2.12. The number of primary amides is 1. The molecule has 0 aromatic rings.